The molecule has 27 heavy (non-hydrogen) atoms. The van der Waals surface area contributed by atoms with E-state index in [1.54, 1.807) is 0 Å². The molecule has 4 nitrogen and oxygen atoms in total. The lowest BCUT2D eigenvalue weighted by molar-refractivity contribution is -0.882. The van der Waals surface area contributed by atoms with E-state index in [9.17, 15) is 4.79 Å². The summed E-state index contributed by atoms with van der Waals surface area (Å²) < 4.78 is 6.79. The second-order valence-electron chi connectivity index (χ2n) is 8.63. The maximum atomic E-state index is 12.1. The van der Waals surface area contributed by atoms with Gasteiger partial charge in [0.1, 0.15) is 5.75 Å². The van der Waals surface area contributed by atoms with E-state index in [2.05, 4.69) is 65.3 Å². The molecule has 154 valence electrons. The Morgan fingerprint density at radius 2 is 1.89 bits per heavy atom. The van der Waals surface area contributed by atoms with Crippen molar-refractivity contribution >= 4 is 5.91 Å². The molecule has 0 aliphatic heterocycles. The summed E-state index contributed by atoms with van der Waals surface area (Å²) in [6.45, 7) is 11.7. The second kappa shape index (κ2) is 12.0. The number of hydrogen-bond acceptors (Lipinski definition) is 2. The fourth-order valence-corrected chi connectivity index (χ4v) is 3.19. The molecule has 1 amide bonds. The van der Waals surface area contributed by atoms with E-state index in [4.69, 9.17) is 4.74 Å². The molecule has 0 unspecified atom stereocenters. The molecule has 0 aliphatic rings. The standard InChI is InChI=1S/C23H40N2O2/c1-7-8-9-14-24-23(26)18-25(5,6)15-10-11-16-27-22-17-20(4)12-13-21(22)19(2)3/h12-13,17,19H,7-11,14-16,18H2,1-6H3/p+1. The van der Waals surface area contributed by atoms with Gasteiger partial charge in [-0.25, -0.2) is 0 Å². The van der Waals surface area contributed by atoms with Crippen molar-refractivity contribution in [2.45, 2.75) is 65.7 Å². The van der Waals surface area contributed by atoms with E-state index < -0.39 is 0 Å². The van der Waals surface area contributed by atoms with Gasteiger partial charge in [0.05, 0.1) is 27.2 Å². The van der Waals surface area contributed by atoms with Gasteiger partial charge in [-0.2, -0.15) is 0 Å². The van der Waals surface area contributed by atoms with E-state index in [1.165, 1.54) is 24.0 Å². The molecule has 1 aromatic rings. The minimum absolute atomic E-state index is 0.161. The lowest BCUT2D eigenvalue weighted by Crippen LogP contribution is -2.48. The van der Waals surface area contributed by atoms with Crippen LogP contribution < -0.4 is 10.1 Å². The van der Waals surface area contributed by atoms with Crippen LogP contribution in [0.4, 0.5) is 0 Å². The van der Waals surface area contributed by atoms with Gasteiger partial charge in [0.15, 0.2) is 6.54 Å². The maximum Gasteiger partial charge on any atom is 0.275 e. The van der Waals surface area contributed by atoms with Crippen LogP contribution in [-0.2, 0) is 4.79 Å². The minimum atomic E-state index is 0.161. The zero-order valence-corrected chi connectivity index (χ0v) is 18.4. The molecule has 0 aliphatic carbocycles. The van der Waals surface area contributed by atoms with Gasteiger partial charge in [-0.15, -0.1) is 0 Å². The molecule has 0 radical (unpaired) electrons. The Labute approximate surface area is 166 Å². The fourth-order valence-electron chi connectivity index (χ4n) is 3.19. The number of carbonyl (C=O) groups is 1. The third-order valence-electron chi connectivity index (χ3n) is 4.88. The monoisotopic (exact) mass is 377 g/mol. The summed E-state index contributed by atoms with van der Waals surface area (Å²) in [5, 5.41) is 3.04. The van der Waals surface area contributed by atoms with Crippen molar-refractivity contribution in [2.24, 2.45) is 0 Å². The van der Waals surface area contributed by atoms with Crippen LogP contribution in [0.1, 0.15) is 69.9 Å². The predicted octanol–water partition coefficient (Wildman–Crippen LogP) is 4.66. The van der Waals surface area contributed by atoms with Crippen molar-refractivity contribution < 1.29 is 14.0 Å². The van der Waals surface area contributed by atoms with Crippen molar-refractivity contribution in [2.75, 3.05) is 40.3 Å². The van der Waals surface area contributed by atoms with Crippen LogP contribution in [0.5, 0.6) is 5.75 Å². The van der Waals surface area contributed by atoms with Crippen molar-refractivity contribution in [3.05, 3.63) is 29.3 Å². The zero-order chi connectivity index (χ0) is 20.3. The number of benzene rings is 1. The molecule has 0 fully saturated rings. The van der Waals surface area contributed by atoms with Crippen LogP contribution in [0, 0.1) is 6.92 Å². The molecule has 0 spiro atoms. The number of ether oxygens (including phenoxy) is 1. The van der Waals surface area contributed by atoms with Gasteiger partial charge < -0.3 is 14.5 Å². The zero-order valence-electron chi connectivity index (χ0n) is 18.4. The van der Waals surface area contributed by atoms with Crippen LogP contribution in [0.2, 0.25) is 0 Å². The Kier molecular flexibility index (Phi) is 10.5. The van der Waals surface area contributed by atoms with Crippen molar-refractivity contribution in [1.82, 2.24) is 5.32 Å². The van der Waals surface area contributed by atoms with Crippen LogP contribution in [-0.4, -0.2) is 50.7 Å². The van der Waals surface area contributed by atoms with Gasteiger partial charge in [0.25, 0.3) is 5.91 Å². The van der Waals surface area contributed by atoms with Crippen molar-refractivity contribution in [1.29, 1.82) is 0 Å². The van der Waals surface area contributed by atoms with Gasteiger partial charge >= 0.3 is 0 Å². The number of aryl methyl sites for hydroxylation is 1. The number of nitrogens with one attached hydrogen (secondary N) is 1. The average molecular weight is 378 g/mol. The first-order valence-electron chi connectivity index (χ1n) is 10.6. The normalized spacial score (nSPS) is 11.7. The van der Waals surface area contributed by atoms with Gasteiger partial charge in [-0.05, 0) is 49.3 Å². The summed E-state index contributed by atoms with van der Waals surface area (Å²) >= 11 is 0. The van der Waals surface area contributed by atoms with Crippen LogP contribution in [0.15, 0.2) is 18.2 Å². The highest BCUT2D eigenvalue weighted by Gasteiger charge is 2.19. The summed E-state index contributed by atoms with van der Waals surface area (Å²) in [6, 6.07) is 6.46. The number of quaternary nitrogens is 1. The maximum absolute atomic E-state index is 12.1. The Bertz CT molecular complexity index is 567. The number of carbonyl (C=O) groups excluding carboxylic acids is 1. The number of nitrogens with zero attached hydrogens (tertiary/aromatic N) is 1. The van der Waals surface area contributed by atoms with Gasteiger partial charge in [-0.3, -0.25) is 4.79 Å². The van der Waals surface area contributed by atoms with Gasteiger partial charge in [0.2, 0.25) is 0 Å². The van der Waals surface area contributed by atoms with Crippen molar-refractivity contribution in [3.63, 3.8) is 0 Å². The first kappa shape index (κ1) is 23.5. The first-order chi connectivity index (χ1) is 12.7. The molecule has 0 bridgehead atoms. The summed E-state index contributed by atoms with van der Waals surface area (Å²) in [5.41, 5.74) is 2.51. The topological polar surface area (TPSA) is 38.3 Å². The molecule has 1 rings (SSSR count). The van der Waals surface area contributed by atoms with Crippen LogP contribution in [0.25, 0.3) is 0 Å². The van der Waals surface area contributed by atoms with Gasteiger partial charge in [0, 0.05) is 6.54 Å². The molecule has 1 N–H and O–H groups in total. The third kappa shape index (κ3) is 9.81. The number of likely N-dealkylation sites (N-methyl/N-ethyl adjacent to an activating group) is 1. The van der Waals surface area contributed by atoms with Crippen LogP contribution in [0.3, 0.4) is 0 Å². The first-order valence-corrected chi connectivity index (χ1v) is 10.6. The van der Waals surface area contributed by atoms with E-state index in [1.807, 2.05) is 0 Å². The Morgan fingerprint density at radius 1 is 1.15 bits per heavy atom. The summed E-state index contributed by atoms with van der Waals surface area (Å²) in [6.07, 6.45) is 5.49. The Hall–Kier alpha value is -1.55. The summed E-state index contributed by atoms with van der Waals surface area (Å²) in [5.74, 6) is 1.64. The number of rotatable bonds is 13. The summed E-state index contributed by atoms with van der Waals surface area (Å²) in [4.78, 5) is 12.1. The third-order valence-corrected chi connectivity index (χ3v) is 4.88. The molecular formula is C23H41N2O2+. The highest BCUT2D eigenvalue weighted by atomic mass is 16.5. The molecular weight excluding hydrogens is 336 g/mol. The SMILES string of the molecule is CCCCCNC(=O)C[N+](C)(C)CCCCOc1cc(C)ccc1C(C)C. The quantitative estimate of drug-likeness (QED) is 0.401. The number of hydrogen-bond donors (Lipinski definition) is 1. The molecule has 4 heteroatoms. The lowest BCUT2D eigenvalue weighted by Gasteiger charge is -2.29. The second-order valence-corrected chi connectivity index (χ2v) is 8.63. The highest BCUT2D eigenvalue weighted by Crippen LogP contribution is 2.27. The Morgan fingerprint density at radius 3 is 2.56 bits per heavy atom. The predicted molar refractivity (Wildman–Crippen MR) is 114 cm³/mol. The molecule has 1 aromatic carbocycles. The largest absolute Gasteiger partial charge is 0.493 e. The highest BCUT2D eigenvalue weighted by molar-refractivity contribution is 5.76. The van der Waals surface area contributed by atoms with Crippen LogP contribution >= 0.6 is 0 Å². The smallest absolute Gasteiger partial charge is 0.275 e. The Balaban J connectivity index is 2.30. The lowest BCUT2D eigenvalue weighted by atomic mass is 10.0. The molecule has 0 atom stereocenters. The van der Waals surface area contributed by atoms with E-state index in [0.717, 1.165) is 49.2 Å². The van der Waals surface area contributed by atoms with Gasteiger partial charge in [-0.1, -0.05) is 45.7 Å². The molecule has 0 saturated heterocycles. The van der Waals surface area contributed by atoms with Crippen molar-refractivity contribution in [3.8, 4) is 5.75 Å². The van der Waals surface area contributed by atoms with E-state index in [-0.39, 0.29) is 5.91 Å². The number of amides is 1. The number of unbranched alkanes of at least 4 members (excludes halogenated alkanes) is 3. The minimum Gasteiger partial charge on any atom is -0.493 e. The summed E-state index contributed by atoms with van der Waals surface area (Å²) in [7, 11) is 4.26. The van der Waals surface area contributed by atoms with E-state index >= 15 is 0 Å². The molecule has 0 aromatic heterocycles. The van der Waals surface area contributed by atoms with E-state index in [0.29, 0.717) is 12.5 Å². The average Bonchev–Trinajstić information content (AvgIpc) is 2.57. The fraction of sp³-hybridized carbons (Fsp3) is 0.696. The molecule has 0 saturated carbocycles. The molecule has 0 heterocycles.